The molecule has 134 valence electrons. The monoisotopic (exact) mass is 352 g/mol. The summed E-state index contributed by atoms with van der Waals surface area (Å²) >= 11 is 0. The van der Waals surface area contributed by atoms with E-state index in [1.165, 1.54) is 7.11 Å². The summed E-state index contributed by atoms with van der Waals surface area (Å²) in [4.78, 5) is 11.4. The van der Waals surface area contributed by atoms with Crippen molar-refractivity contribution in [2.24, 2.45) is 0 Å². The van der Waals surface area contributed by atoms with E-state index in [1.807, 2.05) is 36.4 Å². The Hall–Kier alpha value is -3.15. The van der Waals surface area contributed by atoms with Crippen molar-refractivity contribution >= 4 is 5.97 Å². The highest BCUT2D eigenvalue weighted by atomic mass is 16.5. The first-order valence-corrected chi connectivity index (χ1v) is 8.42. The van der Waals surface area contributed by atoms with Crippen molar-refractivity contribution in [3.05, 3.63) is 65.5 Å². The molecule has 2 aromatic carbocycles. The summed E-state index contributed by atoms with van der Waals surface area (Å²) < 4.78 is 16.1. The molecule has 3 rings (SSSR count). The van der Waals surface area contributed by atoms with E-state index in [0.717, 1.165) is 29.7 Å². The van der Waals surface area contributed by atoms with Crippen LogP contribution in [0.1, 0.15) is 35.2 Å². The molecular weight excluding hydrogens is 332 g/mol. The van der Waals surface area contributed by atoms with Gasteiger partial charge in [0.2, 0.25) is 11.8 Å². The van der Waals surface area contributed by atoms with Crippen molar-refractivity contribution in [2.75, 3.05) is 7.11 Å². The van der Waals surface area contributed by atoms with Crippen LogP contribution >= 0.6 is 0 Å². The molecule has 1 aromatic heterocycles. The van der Waals surface area contributed by atoms with Crippen molar-refractivity contribution in [3.8, 4) is 17.2 Å². The van der Waals surface area contributed by atoms with E-state index in [9.17, 15) is 4.79 Å². The fourth-order valence-corrected chi connectivity index (χ4v) is 2.40. The number of hydrogen-bond donors (Lipinski definition) is 0. The number of carbonyl (C=O) groups excluding carboxylic acids is 1. The van der Waals surface area contributed by atoms with Gasteiger partial charge in [-0.15, -0.1) is 10.2 Å². The summed E-state index contributed by atoms with van der Waals surface area (Å²) in [5.41, 5.74) is 2.33. The molecule has 3 aromatic rings. The summed E-state index contributed by atoms with van der Waals surface area (Å²) in [5, 5.41) is 8.09. The van der Waals surface area contributed by atoms with Crippen LogP contribution in [-0.2, 0) is 17.8 Å². The van der Waals surface area contributed by atoms with E-state index in [2.05, 4.69) is 21.9 Å². The Bertz CT molecular complexity index is 854. The van der Waals surface area contributed by atoms with Gasteiger partial charge in [0.15, 0.2) is 0 Å². The first-order valence-electron chi connectivity index (χ1n) is 8.42. The summed E-state index contributed by atoms with van der Waals surface area (Å²) in [7, 11) is 1.36. The van der Waals surface area contributed by atoms with E-state index < -0.39 is 0 Å². The molecule has 0 N–H and O–H groups in total. The Morgan fingerprint density at radius 1 is 1.04 bits per heavy atom. The molecule has 0 bridgehead atoms. The summed E-state index contributed by atoms with van der Waals surface area (Å²) in [6.07, 6.45) is 1.75. The SMILES string of the molecule is CCCc1nnc(-c2ccc(OCc3ccc(C(=O)OC)cc3)cc2)o1. The van der Waals surface area contributed by atoms with Crippen molar-refractivity contribution in [1.29, 1.82) is 0 Å². The minimum absolute atomic E-state index is 0.351. The Labute approximate surface area is 151 Å². The van der Waals surface area contributed by atoms with Gasteiger partial charge in [-0.1, -0.05) is 19.1 Å². The molecule has 0 radical (unpaired) electrons. The average molecular weight is 352 g/mol. The highest BCUT2D eigenvalue weighted by Crippen LogP contribution is 2.22. The van der Waals surface area contributed by atoms with E-state index in [4.69, 9.17) is 9.15 Å². The van der Waals surface area contributed by atoms with Gasteiger partial charge in [-0.2, -0.15) is 0 Å². The van der Waals surface area contributed by atoms with Crippen LogP contribution in [0.15, 0.2) is 52.9 Å². The normalized spacial score (nSPS) is 10.5. The fraction of sp³-hybridized carbons (Fsp3) is 0.250. The maximum atomic E-state index is 11.4. The van der Waals surface area contributed by atoms with E-state index in [-0.39, 0.29) is 5.97 Å². The molecule has 0 unspecified atom stereocenters. The number of hydrogen-bond acceptors (Lipinski definition) is 6. The third-order valence-corrected chi connectivity index (χ3v) is 3.81. The minimum Gasteiger partial charge on any atom is -0.489 e. The van der Waals surface area contributed by atoms with Crippen LogP contribution in [0.3, 0.4) is 0 Å². The van der Waals surface area contributed by atoms with Crippen LogP contribution in [0, 0.1) is 0 Å². The van der Waals surface area contributed by atoms with Crippen LogP contribution in [0.25, 0.3) is 11.5 Å². The summed E-state index contributed by atoms with van der Waals surface area (Å²) in [6, 6.07) is 14.6. The quantitative estimate of drug-likeness (QED) is 0.597. The zero-order valence-electron chi connectivity index (χ0n) is 14.8. The molecule has 0 saturated heterocycles. The standard InChI is InChI=1S/C20H20N2O4/c1-3-4-18-21-22-19(26-18)15-9-11-17(12-10-15)25-13-14-5-7-16(8-6-14)20(23)24-2/h5-12H,3-4,13H2,1-2H3. The van der Waals surface area contributed by atoms with Crippen molar-refractivity contribution in [1.82, 2.24) is 10.2 Å². The minimum atomic E-state index is -0.351. The lowest BCUT2D eigenvalue weighted by molar-refractivity contribution is 0.0600. The molecular formula is C20H20N2O4. The predicted octanol–water partition coefficient (Wildman–Crippen LogP) is 4.05. The van der Waals surface area contributed by atoms with Crippen LogP contribution in [0.5, 0.6) is 5.75 Å². The molecule has 0 amide bonds. The first kappa shape index (κ1) is 17.7. The maximum Gasteiger partial charge on any atom is 0.337 e. The second-order valence-electron chi connectivity index (χ2n) is 5.75. The summed E-state index contributed by atoms with van der Waals surface area (Å²) in [6.45, 7) is 2.47. The third-order valence-electron chi connectivity index (χ3n) is 3.81. The molecule has 0 aliphatic rings. The number of aryl methyl sites for hydroxylation is 1. The molecule has 0 fully saturated rings. The fourth-order valence-electron chi connectivity index (χ4n) is 2.40. The van der Waals surface area contributed by atoms with Crippen LogP contribution in [0.2, 0.25) is 0 Å². The number of esters is 1. The van der Waals surface area contributed by atoms with Crippen LogP contribution in [-0.4, -0.2) is 23.3 Å². The highest BCUT2D eigenvalue weighted by molar-refractivity contribution is 5.89. The lowest BCUT2D eigenvalue weighted by atomic mass is 10.1. The zero-order chi connectivity index (χ0) is 18.4. The predicted molar refractivity (Wildman–Crippen MR) is 95.8 cm³/mol. The van der Waals surface area contributed by atoms with E-state index in [0.29, 0.717) is 24.0 Å². The topological polar surface area (TPSA) is 74.5 Å². The number of carbonyl (C=O) groups is 1. The van der Waals surface area contributed by atoms with Gasteiger partial charge in [0.1, 0.15) is 12.4 Å². The second-order valence-corrected chi connectivity index (χ2v) is 5.75. The Kier molecular flexibility index (Phi) is 5.63. The van der Waals surface area contributed by atoms with Gasteiger partial charge in [-0.25, -0.2) is 4.79 Å². The number of aromatic nitrogens is 2. The largest absolute Gasteiger partial charge is 0.489 e. The summed E-state index contributed by atoms with van der Waals surface area (Å²) in [5.74, 6) is 1.55. The lowest BCUT2D eigenvalue weighted by Crippen LogP contribution is -2.01. The number of ether oxygens (including phenoxy) is 2. The van der Waals surface area contributed by atoms with Crippen molar-refractivity contribution < 1.29 is 18.7 Å². The van der Waals surface area contributed by atoms with E-state index in [1.54, 1.807) is 12.1 Å². The lowest BCUT2D eigenvalue weighted by Gasteiger charge is -2.07. The molecule has 6 heteroatoms. The molecule has 0 atom stereocenters. The van der Waals surface area contributed by atoms with Crippen molar-refractivity contribution in [2.45, 2.75) is 26.4 Å². The average Bonchev–Trinajstić information content (AvgIpc) is 3.15. The molecule has 0 aliphatic heterocycles. The highest BCUT2D eigenvalue weighted by Gasteiger charge is 2.08. The molecule has 6 nitrogen and oxygen atoms in total. The number of nitrogens with zero attached hydrogens (tertiary/aromatic N) is 2. The van der Waals surface area contributed by atoms with Gasteiger partial charge >= 0.3 is 5.97 Å². The molecule has 1 heterocycles. The molecule has 0 aliphatic carbocycles. The second kappa shape index (κ2) is 8.29. The third kappa shape index (κ3) is 4.27. The van der Waals surface area contributed by atoms with Gasteiger partial charge in [0, 0.05) is 12.0 Å². The Morgan fingerprint density at radius 2 is 1.77 bits per heavy atom. The van der Waals surface area contributed by atoms with Crippen LogP contribution < -0.4 is 4.74 Å². The molecule has 26 heavy (non-hydrogen) atoms. The number of methoxy groups -OCH3 is 1. The van der Waals surface area contributed by atoms with Crippen LogP contribution in [0.4, 0.5) is 0 Å². The van der Waals surface area contributed by atoms with Crippen molar-refractivity contribution in [3.63, 3.8) is 0 Å². The molecule has 0 spiro atoms. The zero-order valence-corrected chi connectivity index (χ0v) is 14.8. The smallest absolute Gasteiger partial charge is 0.337 e. The first-order chi connectivity index (χ1) is 12.7. The van der Waals surface area contributed by atoms with Gasteiger partial charge in [0.05, 0.1) is 12.7 Å². The Morgan fingerprint density at radius 3 is 2.42 bits per heavy atom. The van der Waals surface area contributed by atoms with Gasteiger partial charge in [-0.05, 0) is 48.4 Å². The number of rotatable bonds is 7. The number of benzene rings is 2. The van der Waals surface area contributed by atoms with E-state index >= 15 is 0 Å². The van der Waals surface area contributed by atoms with Gasteiger partial charge < -0.3 is 13.9 Å². The maximum absolute atomic E-state index is 11.4. The molecule has 0 saturated carbocycles. The van der Waals surface area contributed by atoms with Gasteiger partial charge in [0.25, 0.3) is 0 Å². The Balaban J connectivity index is 1.59. The van der Waals surface area contributed by atoms with Gasteiger partial charge in [-0.3, -0.25) is 0 Å².